The van der Waals surface area contributed by atoms with Crippen LogP contribution < -0.4 is 10.9 Å². The minimum atomic E-state index is -0.181. The number of nitrogens with zero attached hydrogens (tertiary/aromatic N) is 4. The first-order valence-electron chi connectivity index (χ1n) is 6.50. The molecule has 0 saturated heterocycles. The van der Waals surface area contributed by atoms with Crippen molar-refractivity contribution in [1.29, 1.82) is 0 Å². The van der Waals surface area contributed by atoms with Crippen molar-refractivity contribution in [2.75, 3.05) is 19.0 Å². The molecule has 2 aromatic rings. The van der Waals surface area contributed by atoms with E-state index in [9.17, 15) is 4.79 Å². The smallest absolute Gasteiger partial charge is 0.283 e. The van der Waals surface area contributed by atoms with E-state index in [1.165, 1.54) is 4.68 Å². The molecule has 0 spiro atoms. The molecule has 0 bridgehead atoms. The van der Waals surface area contributed by atoms with Gasteiger partial charge in [-0.15, -0.1) is 0 Å². The molecule has 21 heavy (non-hydrogen) atoms. The van der Waals surface area contributed by atoms with Crippen molar-refractivity contribution in [2.24, 2.45) is 7.05 Å². The Morgan fingerprint density at radius 2 is 2.24 bits per heavy atom. The Morgan fingerprint density at radius 3 is 2.86 bits per heavy atom. The minimum Gasteiger partial charge on any atom is -0.383 e. The molecule has 2 heterocycles. The second-order valence-electron chi connectivity index (χ2n) is 4.66. The summed E-state index contributed by atoms with van der Waals surface area (Å²) >= 11 is 3.32. The highest BCUT2D eigenvalue weighted by molar-refractivity contribution is 9.10. The summed E-state index contributed by atoms with van der Waals surface area (Å²) in [5.74, 6) is 0. The molecule has 2 aromatic heterocycles. The van der Waals surface area contributed by atoms with Crippen LogP contribution in [-0.2, 0) is 24.9 Å². The highest BCUT2D eigenvalue weighted by atomic mass is 79.9. The second-order valence-corrected chi connectivity index (χ2v) is 5.45. The maximum absolute atomic E-state index is 12.1. The van der Waals surface area contributed by atoms with Gasteiger partial charge in [0.1, 0.15) is 4.47 Å². The van der Waals surface area contributed by atoms with Crippen LogP contribution >= 0.6 is 15.9 Å². The maximum atomic E-state index is 12.1. The van der Waals surface area contributed by atoms with E-state index in [1.807, 2.05) is 20.2 Å². The van der Waals surface area contributed by atoms with Gasteiger partial charge in [0, 0.05) is 32.5 Å². The maximum Gasteiger partial charge on any atom is 0.283 e. The summed E-state index contributed by atoms with van der Waals surface area (Å²) in [6, 6.07) is 0. The van der Waals surface area contributed by atoms with E-state index in [4.69, 9.17) is 4.74 Å². The Labute approximate surface area is 131 Å². The van der Waals surface area contributed by atoms with Crippen molar-refractivity contribution in [3.05, 3.63) is 38.5 Å². The molecule has 2 rings (SSSR count). The van der Waals surface area contributed by atoms with Crippen LogP contribution in [0, 0.1) is 6.92 Å². The molecule has 0 radical (unpaired) electrons. The Bertz CT molecular complexity index is 680. The Morgan fingerprint density at radius 1 is 1.48 bits per heavy atom. The van der Waals surface area contributed by atoms with Crippen LogP contribution in [0.4, 0.5) is 5.69 Å². The second kappa shape index (κ2) is 6.86. The molecule has 0 aliphatic heterocycles. The highest BCUT2D eigenvalue weighted by Gasteiger charge is 2.10. The molecule has 0 amide bonds. The fraction of sp³-hybridized carbons (Fsp3) is 0.462. The molecule has 0 unspecified atom stereocenters. The first-order valence-corrected chi connectivity index (χ1v) is 7.29. The van der Waals surface area contributed by atoms with Crippen LogP contribution in [0.2, 0.25) is 0 Å². The molecule has 0 fully saturated rings. The van der Waals surface area contributed by atoms with Crippen LogP contribution in [0.15, 0.2) is 21.7 Å². The van der Waals surface area contributed by atoms with E-state index in [1.54, 1.807) is 18.0 Å². The number of nitrogens with one attached hydrogen (secondary N) is 1. The van der Waals surface area contributed by atoms with Crippen molar-refractivity contribution in [1.82, 2.24) is 19.6 Å². The summed E-state index contributed by atoms with van der Waals surface area (Å²) in [7, 11) is 3.47. The van der Waals surface area contributed by atoms with Crippen LogP contribution in [-0.4, -0.2) is 33.3 Å². The number of halogens is 1. The van der Waals surface area contributed by atoms with Gasteiger partial charge in [0.15, 0.2) is 0 Å². The molecular formula is C13H18BrN5O2. The molecule has 8 heteroatoms. The van der Waals surface area contributed by atoms with Gasteiger partial charge in [-0.1, -0.05) is 0 Å². The molecule has 0 saturated carbocycles. The fourth-order valence-corrected chi connectivity index (χ4v) is 2.39. The average Bonchev–Trinajstić information content (AvgIpc) is 2.77. The van der Waals surface area contributed by atoms with Crippen molar-refractivity contribution >= 4 is 21.6 Å². The van der Waals surface area contributed by atoms with E-state index in [0.717, 1.165) is 11.3 Å². The van der Waals surface area contributed by atoms with Gasteiger partial charge in [0.25, 0.3) is 5.56 Å². The summed E-state index contributed by atoms with van der Waals surface area (Å²) in [5.41, 5.74) is 2.52. The molecule has 0 aliphatic carbocycles. The standard InChI is InChI=1S/C13H18BrN5O2/c1-9-10(8-18(2)17-9)6-15-11-7-16-19(4-5-21-3)13(20)12(11)14/h7-8,15H,4-6H2,1-3H3. The summed E-state index contributed by atoms with van der Waals surface area (Å²) < 4.78 is 8.55. The molecular weight excluding hydrogens is 338 g/mol. The van der Waals surface area contributed by atoms with E-state index in [0.29, 0.717) is 29.9 Å². The predicted molar refractivity (Wildman–Crippen MR) is 83.3 cm³/mol. The quantitative estimate of drug-likeness (QED) is 0.845. The monoisotopic (exact) mass is 355 g/mol. The minimum absolute atomic E-state index is 0.181. The first kappa shape index (κ1) is 15.7. The summed E-state index contributed by atoms with van der Waals surface area (Å²) in [6.07, 6.45) is 3.58. The van der Waals surface area contributed by atoms with Gasteiger partial charge in [-0.3, -0.25) is 9.48 Å². The van der Waals surface area contributed by atoms with Crippen molar-refractivity contribution < 1.29 is 4.74 Å². The van der Waals surface area contributed by atoms with Gasteiger partial charge in [0.05, 0.1) is 30.7 Å². The van der Waals surface area contributed by atoms with Crippen molar-refractivity contribution in [3.8, 4) is 0 Å². The molecule has 114 valence electrons. The summed E-state index contributed by atoms with van der Waals surface area (Å²) in [4.78, 5) is 12.1. The molecule has 1 N–H and O–H groups in total. The van der Waals surface area contributed by atoms with E-state index in [2.05, 4.69) is 31.4 Å². The number of aromatic nitrogens is 4. The third kappa shape index (κ3) is 3.70. The highest BCUT2D eigenvalue weighted by Crippen LogP contribution is 2.17. The zero-order valence-electron chi connectivity index (χ0n) is 12.3. The largest absolute Gasteiger partial charge is 0.383 e. The lowest BCUT2D eigenvalue weighted by atomic mass is 10.2. The van der Waals surface area contributed by atoms with Crippen LogP contribution in [0.3, 0.4) is 0 Å². The zero-order valence-corrected chi connectivity index (χ0v) is 13.8. The lowest BCUT2D eigenvalue weighted by molar-refractivity contribution is 0.181. The third-order valence-corrected chi connectivity index (χ3v) is 3.84. The predicted octanol–water partition coefficient (Wildman–Crippen LogP) is 1.31. The Kier molecular flexibility index (Phi) is 5.13. The van der Waals surface area contributed by atoms with Crippen LogP contribution in [0.25, 0.3) is 0 Å². The average molecular weight is 356 g/mol. The van der Waals surface area contributed by atoms with E-state index in [-0.39, 0.29) is 5.56 Å². The number of methoxy groups -OCH3 is 1. The molecule has 0 aliphatic rings. The van der Waals surface area contributed by atoms with Gasteiger partial charge < -0.3 is 10.1 Å². The Balaban J connectivity index is 2.12. The lowest BCUT2D eigenvalue weighted by Gasteiger charge is -2.10. The summed E-state index contributed by atoms with van der Waals surface area (Å²) in [5, 5.41) is 11.6. The number of hydrogen-bond acceptors (Lipinski definition) is 5. The normalized spacial score (nSPS) is 10.9. The molecule has 0 aromatic carbocycles. The fourth-order valence-electron chi connectivity index (χ4n) is 1.94. The van der Waals surface area contributed by atoms with Crippen molar-refractivity contribution in [3.63, 3.8) is 0 Å². The Hall–Kier alpha value is -1.67. The molecule has 0 atom stereocenters. The SMILES string of the molecule is COCCn1ncc(NCc2cn(C)nc2C)c(Br)c1=O. The number of hydrogen-bond donors (Lipinski definition) is 1. The van der Waals surface area contributed by atoms with Gasteiger partial charge in [-0.05, 0) is 22.9 Å². The third-order valence-electron chi connectivity index (χ3n) is 3.08. The van der Waals surface area contributed by atoms with Gasteiger partial charge in [-0.2, -0.15) is 10.2 Å². The number of aryl methyl sites for hydroxylation is 2. The number of ether oxygens (including phenoxy) is 1. The zero-order chi connectivity index (χ0) is 15.4. The van der Waals surface area contributed by atoms with E-state index >= 15 is 0 Å². The first-order chi connectivity index (χ1) is 10.0. The van der Waals surface area contributed by atoms with Gasteiger partial charge in [0.2, 0.25) is 0 Å². The van der Waals surface area contributed by atoms with Crippen LogP contribution in [0.1, 0.15) is 11.3 Å². The van der Waals surface area contributed by atoms with Crippen molar-refractivity contribution in [2.45, 2.75) is 20.0 Å². The lowest BCUT2D eigenvalue weighted by Crippen LogP contribution is -2.26. The van der Waals surface area contributed by atoms with Gasteiger partial charge >= 0.3 is 0 Å². The van der Waals surface area contributed by atoms with Gasteiger partial charge in [-0.25, -0.2) is 4.68 Å². The molecule has 7 nitrogen and oxygen atoms in total. The number of anilines is 1. The number of rotatable bonds is 6. The van der Waals surface area contributed by atoms with E-state index < -0.39 is 0 Å². The summed E-state index contributed by atoms with van der Waals surface area (Å²) in [6.45, 7) is 3.41. The van der Waals surface area contributed by atoms with Crippen LogP contribution in [0.5, 0.6) is 0 Å². The topological polar surface area (TPSA) is 74.0 Å².